The molecule has 0 aromatic heterocycles. The van der Waals surface area contributed by atoms with Crippen molar-refractivity contribution >= 4 is 11.8 Å². The van der Waals surface area contributed by atoms with Crippen molar-refractivity contribution in [3.63, 3.8) is 0 Å². The zero-order valence-corrected chi connectivity index (χ0v) is 22.5. The highest BCUT2D eigenvalue weighted by molar-refractivity contribution is 7.99. The van der Waals surface area contributed by atoms with E-state index in [9.17, 15) is 0 Å². The first-order valence-electron chi connectivity index (χ1n) is 12.9. The first kappa shape index (κ1) is 28.8. The number of ether oxygens (including phenoxy) is 1. The lowest BCUT2D eigenvalue weighted by Crippen LogP contribution is -2.22. The summed E-state index contributed by atoms with van der Waals surface area (Å²) in [5.41, 5.74) is 2.76. The van der Waals surface area contributed by atoms with E-state index in [-0.39, 0.29) is 0 Å². The first-order chi connectivity index (χ1) is 17.1. The second kappa shape index (κ2) is 17.9. The first-order valence-corrected chi connectivity index (χ1v) is 13.9. The van der Waals surface area contributed by atoms with Gasteiger partial charge >= 0.3 is 0 Å². The predicted octanol–water partition coefficient (Wildman–Crippen LogP) is 7.91. The van der Waals surface area contributed by atoms with Crippen molar-refractivity contribution in [1.29, 1.82) is 0 Å². The van der Waals surface area contributed by atoms with E-state index >= 15 is 0 Å². The van der Waals surface area contributed by atoms with Crippen LogP contribution in [0.4, 0.5) is 0 Å². The SMILES string of the molecule is CCCCC(C)CNCCCc1ccccc1.Cc1ccc2c(c1)SCCO2.Oc1ccccc1. The summed E-state index contributed by atoms with van der Waals surface area (Å²) in [5, 5.41) is 12.2. The Labute approximate surface area is 217 Å². The Morgan fingerprint density at radius 1 is 0.971 bits per heavy atom. The number of phenolic OH excluding ortho intramolecular Hbond substituents is 1. The Morgan fingerprint density at radius 3 is 2.34 bits per heavy atom. The number of aromatic hydroxyl groups is 1. The topological polar surface area (TPSA) is 41.5 Å². The van der Waals surface area contributed by atoms with Crippen LogP contribution in [0.1, 0.15) is 50.7 Å². The van der Waals surface area contributed by atoms with E-state index in [0.29, 0.717) is 5.75 Å². The third kappa shape index (κ3) is 13.3. The minimum Gasteiger partial charge on any atom is -0.508 e. The molecule has 0 saturated carbocycles. The van der Waals surface area contributed by atoms with Crippen LogP contribution in [0.2, 0.25) is 0 Å². The molecule has 4 rings (SSSR count). The summed E-state index contributed by atoms with van der Waals surface area (Å²) >= 11 is 1.88. The molecule has 3 nitrogen and oxygen atoms in total. The summed E-state index contributed by atoms with van der Waals surface area (Å²) in [6.45, 7) is 9.89. The Kier molecular flexibility index (Phi) is 14.8. The van der Waals surface area contributed by atoms with Crippen molar-refractivity contribution in [3.8, 4) is 11.5 Å². The number of fused-ring (bicyclic) bond motifs is 1. The number of para-hydroxylation sites is 1. The van der Waals surface area contributed by atoms with Gasteiger partial charge in [0.15, 0.2) is 0 Å². The van der Waals surface area contributed by atoms with Gasteiger partial charge in [-0.25, -0.2) is 0 Å². The average Bonchev–Trinajstić information content (AvgIpc) is 2.89. The third-order valence-corrected chi connectivity index (χ3v) is 6.66. The second-order valence-electron chi connectivity index (χ2n) is 9.02. The third-order valence-electron chi connectivity index (χ3n) is 5.66. The Bertz CT molecular complexity index is 918. The van der Waals surface area contributed by atoms with Gasteiger partial charge in [-0.15, -0.1) is 11.8 Å². The number of hydrogen-bond acceptors (Lipinski definition) is 4. The Balaban J connectivity index is 0.000000203. The van der Waals surface area contributed by atoms with Crippen molar-refractivity contribution in [2.45, 2.75) is 57.8 Å². The van der Waals surface area contributed by atoms with E-state index in [4.69, 9.17) is 9.84 Å². The van der Waals surface area contributed by atoms with E-state index in [1.54, 1.807) is 24.3 Å². The summed E-state index contributed by atoms with van der Waals surface area (Å²) in [6, 6.07) is 25.8. The number of benzene rings is 3. The van der Waals surface area contributed by atoms with Gasteiger partial charge in [-0.2, -0.15) is 0 Å². The highest BCUT2D eigenvalue weighted by Gasteiger charge is 2.09. The minimum atomic E-state index is 0.322. The van der Waals surface area contributed by atoms with Crippen molar-refractivity contribution in [1.82, 2.24) is 5.32 Å². The normalized spacial score (nSPS) is 12.7. The molecule has 3 aromatic carbocycles. The van der Waals surface area contributed by atoms with Crippen LogP contribution >= 0.6 is 11.8 Å². The lowest BCUT2D eigenvalue weighted by molar-refractivity contribution is 0.330. The Morgan fingerprint density at radius 2 is 1.69 bits per heavy atom. The minimum absolute atomic E-state index is 0.322. The smallest absolute Gasteiger partial charge is 0.132 e. The molecule has 1 heterocycles. The van der Waals surface area contributed by atoms with Crippen LogP contribution < -0.4 is 10.1 Å². The molecule has 0 fully saturated rings. The van der Waals surface area contributed by atoms with Crippen LogP contribution in [-0.2, 0) is 6.42 Å². The standard InChI is InChI=1S/C16H27N.C9H10OS.C6H6O/c1-3-4-9-15(2)14-17-13-8-12-16-10-6-5-7-11-16;1-7-2-3-8-9(6-7)11-5-4-10-8;7-6-4-2-1-3-5-6/h5-7,10-11,15,17H,3-4,8-9,12-14H2,1-2H3;2-3,6H,4-5H2,1H3;1-5,7H. The maximum absolute atomic E-state index is 8.63. The van der Waals surface area contributed by atoms with E-state index < -0.39 is 0 Å². The molecule has 4 heteroatoms. The molecular weight excluding hydrogens is 450 g/mol. The Hall–Kier alpha value is -2.43. The zero-order valence-electron chi connectivity index (χ0n) is 21.7. The summed E-state index contributed by atoms with van der Waals surface area (Å²) in [4.78, 5) is 1.29. The van der Waals surface area contributed by atoms with Crippen molar-refractivity contribution in [2.75, 3.05) is 25.4 Å². The van der Waals surface area contributed by atoms with Gasteiger partial charge in [-0.3, -0.25) is 0 Å². The zero-order chi connectivity index (χ0) is 25.1. The van der Waals surface area contributed by atoms with Gasteiger partial charge in [0.1, 0.15) is 11.5 Å². The van der Waals surface area contributed by atoms with Crippen LogP contribution in [-0.4, -0.2) is 30.6 Å². The molecule has 2 N–H and O–H groups in total. The predicted molar refractivity (Wildman–Crippen MR) is 152 cm³/mol. The highest BCUT2D eigenvalue weighted by atomic mass is 32.2. The lowest BCUT2D eigenvalue weighted by atomic mass is 10.0. The second-order valence-corrected chi connectivity index (χ2v) is 10.2. The van der Waals surface area contributed by atoms with Gasteiger partial charge < -0.3 is 15.2 Å². The van der Waals surface area contributed by atoms with E-state index in [1.807, 2.05) is 17.8 Å². The average molecular weight is 494 g/mol. The molecule has 3 aromatic rings. The fourth-order valence-corrected chi connectivity index (χ4v) is 4.57. The van der Waals surface area contributed by atoms with Crippen molar-refractivity contribution in [3.05, 3.63) is 90.0 Å². The van der Waals surface area contributed by atoms with Gasteiger partial charge in [-0.1, -0.05) is 81.3 Å². The number of aryl methyl sites for hydroxylation is 2. The molecule has 1 atom stereocenters. The van der Waals surface area contributed by atoms with Gasteiger partial charge in [0.25, 0.3) is 0 Å². The summed E-state index contributed by atoms with van der Waals surface area (Å²) < 4.78 is 5.46. The molecule has 0 radical (unpaired) electrons. The molecule has 0 saturated heterocycles. The van der Waals surface area contributed by atoms with Crippen LogP contribution in [0.3, 0.4) is 0 Å². The molecule has 190 valence electrons. The summed E-state index contributed by atoms with van der Waals surface area (Å²) in [7, 11) is 0. The van der Waals surface area contributed by atoms with E-state index in [0.717, 1.165) is 30.6 Å². The van der Waals surface area contributed by atoms with Crippen LogP contribution in [0.15, 0.2) is 83.8 Å². The van der Waals surface area contributed by atoms with Crippen molar-refractivity contribution in [2.24, 2.45) is 5.92 Å². The molecular formula is C31H43NO2S. The van der Waals surface area contributed by atoms with Gasteiger partial charge in [0, 0.05) is 10.6 Å². The lowest BCUT2D eigenvalue weighted by Gasteiger charge is -2.16. The quantitative estimate of drug-likeness (QED) is 0.297. The molecule has 0 aliphatic carbocycles. The van der Waals surface area contributed by atoms with Crippen LogP contribution in [0.5, 0.6) is 11.5 Å². The molecule has 0 bridgehead atoms. The molecule has 35 heavy (non-hydrogen) atoms. The number of unbranched alkanes of at least 4 members (excludes halogenated alkanes) is 1. The monoisotopic (exact) mass is 493 g/mol. The van der Waals surface area contributed by atoms with Crippen molar-refractivity contribution < 1.29 is 9.84 Å². The van der Waals surface area contributed by atoms with Gasteiger partial charge in [-0.05, 0) is 80.6 Å². The summed E-state index contributed by atoms with van der Waals surface area (Å²) in [6.07, 6.45) is 6.48. The number of thioether (sulfide) groups is 1. The van der Waals surface area contributed by atoms with Gasteiger partial charge in [0.2, 0.25) is 0 Å². The molecule has 1 aliphatic heterocycles. The fraction of sp³-hybridized carbons (Fsp3) is 0.419. The number of nitrogens with one attached hydrogen (secondary N) is 1. The largest absolute Gasteiger partial charge is 0.508 e. The molecule has 0 amide bonds. The maximum atomic E-state index is 8.63. The van der Waals surface area contributed by atoms with E-state index in [1.165, 1.54) is 54.7 Å². The highest BCUT2D eigenvalue weighted by Crippen LogP contribution is 2.33. The summed E-state index contributed by atoms with van der Waals surface area (Å²) in [5.74, 6) is 3.28. The number of hydrogen-bond donors (Lipinski definition) is 2. The number of phenols is 1. The maximum Gasteiger partial charge on any atom is 0.132 e. The van der Waals surface area contributed by atoms with Gasteiger partial charge in [0.05, 0.1) is 6.61 Å². The molecule has 1 aliphatic rings. The van der Waals surface area contributed by atoms with Crippen LogP contribution in [0, 0.1) is 12.8 Å². The number of rotatable bonds is 9. The fourth-order valence-electron chi connectivity index (χ4n) is 3.64. The molecule has 1 unspecified atom stereocenters. The van der Waals surface area contributed by atoms with E-state index in [2.05, 4.69) is 74.6 Å². The van der Waals surface area contributed by atoms with Crippen LogP contribution in [0.25, 0.3) is 0 Å². The molecule has 0 spiro atoms.